The van der Waals surface area contributed by atoms with Crippen molar-refractivity contribution in [3.05, 3.63) is 0 Å². The Morgan fingerprint density at radius 2 is 1.92 bits per heavy atom. The summed E-state index contributed by atoms with van der Waals surface area (Å²) in [5, 5.41) is 0. The molecule has 1 heterocycles. The summed E-state index contributed by atoms with van der Waals surface area (Å²) in [4.78, 5) is 11.2. The second kappa shape index (κ2) is 3.08. The van der Waals surface area contributed by atoms with E-state index in [2.05, 4.69) is 20.8 Å². The highest BCUT2D eigenvalue weighted by Crippen LogP contribution is 2.31. The van der Waals surface area contributed by atoms with Crippen molar-refractivity contribution in [2.24, 2.45) is 11.3 Å². The Hall–Kier alpha value is -0.530. The maximum atomic E-state index is 11.2. The standard InChI is InChI=1S/C10H18O2/c1-7-5-6-8(10(2,3)4)12-9(7)11/h7-8H,5-6H2,1-4H3. The quantitative estimate of drug-likeness (QED) is 0.522. The van der Waals surface area contributed by atoms with Crippen LogP contribution in [0.1, 0.15) is 40.5 Å². The third-order valence-corrected chi connectivity index (χ3v) is 2.49. The highest BCUT2D eigenvalue weighted by atomic mass is 16.5. The first-order valence-electron chi connectivity index (χ1n) is 4.62. The number of rotatable bonds is 0. The first kappa shape index (κ1) is 9.56. The van der Waals surface area contributed by atoms with Crippen molar-refractivity contribution < 1.29 is 9.53 Å². The topological polar surface area (TPSA) is 26.3 Å². The van der Waals surface area contributed by atoms with Crippen LogP contribution in [0.3, 0.4) is 0 Å². The molecular formula is C10H18O2. The van der Waals surface area contributed by atoms with Gasteiger partial charge in [0.05, 0.1) is 5.92 Å². The third kappa shape index (κ3) is 1.99. The van der Waals surface area contributed by atoms with Gasteiger partial charge in [0.1, 0.15) is 6.10 Å². The van der Waals surface area contributed by atoms with Crippen molar-refractivity contribution in [3.8, 4) is 0 Å². The van der Waals surface area contributed by atoms with Gasteiger partial charge in [0, 0.05) is 0 Å². The van der Waals surface area contributed by atoms with Crippen LogP contribution in [0.15, 0.2) is 0 Å². The van der Waals surface area contributed by atoms with Crippen LogP contribution in [-0.4, -0.2) is 12.1 Å². The Balaban J connectivity index is 2.57. The van der Waals surface area contributed by atoms with E-state index in [-0.39, 0.29) is 23.4 Å². The minimum absolute atomic E-state index is 0.0267. The highest BCUT2D eigenvalue weighted by Gasteiger charge is 2.34. The lowest BCUT2D eigenvalue weighted by Crippen LogP contribution is -2.37. The molecule has 1 rings (SSSR count). The molecule has 2 unspecified atom stereocenters. The van der Waals surface area contributed by atoms with E-state index in [1.807, 2.05) is 6.92 Å². The minimum atomic E-state index is -0.0267. The van der Waals surface area contributed by atoms with E-state index in [1.165, 1.54) is 0 Å². The fraction of sp³-hybridized carbons (Fsp3) is 0.900. The van der Waals surface area contributed by atoms with Gasteiger partial charge in [-0.2, -0.15) is 0 Å². The predicted molar refractivity (Wildman–Crippen MR) is 47.7 cm³/mol. The molecule has 12 heavy (non-hydrogen) atoms. The molecule has 1 fully saturated rings. The van der Waals surface area contributed by atoms with Crippen LogP contribution in [-0.2, 0) is 9.53 Å². The van der Waals surface area contributed by atoms with E-state index in [9.17, 15) is 4.79 Å². The van der Waals surface area contributed by atoms with E-state index in [1.54, 1.807) is 0 Å². The Morgan fingerprint density at radius 1 is 1.33 bits per heavy atom. The number of carbonyl (C=O) groups is 1. The maximum absolute atomic E-state index is 11.2. The largest absolute Gasteiger partial charge is 0.462 e. The molecule has 0 N–H and O–H groups in total. The highest BCUT2D eigenvalue weighted by molar-refractivity contribution is 5.72. The van der Waals surface area contributed by atoms with Gasteiger partial charge in [0.2, 0.25) is 0 Å². The number of cyclic esters (lactones) is 1. The Kier molecular flexibility index (Phi) is 2.45. The molecule has 2 atom stereocenters. The molecule has 70 valence electrons. The Morgan fingerprint density at radius 3 is 2.33 bits per heavy atom. The van der Waals surface area contributed by atoms with Crippen molar-refractivity contribution in [1.82, 2.24) is 0 Å². The Bertz CT molecular complexity index is 179. The smallest absolute Gasteiger partial charge is 0.308 e. The van der Waals surface area contributed by atoms with E-state index in [4.69, 9.17) is 4.74 Å². The number of hydrogen-bond acceptors (Lipinski definition) is 2. The van der Waals surface area contributed by atoms with E-state index in [0.29, 0.717) is 0 Å². The second-order valence-electron chi connectivity index (χ2n) is 4.77. The maximum Gasteiger partial charge on any atom is 0.308 e. The predicted octanol–water partition coefficient (Wildman–Crippen LogP) is 2.37. The molecule has 1 saturated heterocycles. The van der Waals surface area contributed by atoms with Crippen LogP contribution >= 0.6 is 0 Å². The molecule has 2 nitrogen and oxygen atoms in total. The number of ether oxygens (including phenoxy) is 1. The van der Waals surface area contributed by atoms with Crippen molar-refractivity contribution in [2.75, 3.05) is 0 Å². The molecule has 0 radical (unpaired) electrons. The summed E-state index contributed by atoms with van der Waals surface area (Å²) in [5.41, 5.74) is 0.0931. The van der Waals surface area contributed by atoms with Crippen molar-refractivity contribution in [1.29, 1.82) is 0 Å². The van der Waals surface area contributed by atoms with Gasteiger partial charge in [-0.15, -0.1) is 0 Å². The van der Waals surface area contributed by atoms with Crippen LogP contribution in [0.25, 0.3) is 0 Å². The summed E-state index contributed by atoms with van der Waals surface area (Å²) in [5.74, 6) is 0.0739. The zero-order chi connectivity index (χ0) is 9.35. The van der Waals surface area contributed by atoms with Crippen LogP contribution in [0.5, 0.6) is 0 Å². The molecule has 0 amide bonds. The average Bonchev–Trinajstić information content (AvgIpc) is 1.92. The normalized spacial score (nSPS) is 31.5. The fourth-order valence-corrected chi connectivity index (χ4v) is 1.44. The summed E-state index contributed by atoms with van der Waals surface area (Å²) in [6.07, 6.45) is 2.10. The lowest BCUT2D eigenvalue weighted by molar-refractivity contribution is -0.166. The molecule has 0 spiro atoms. The van der Waals surface area contributed by atoms with Gasteiger partial charge in [0.15, 0.2) is 0 Å². The molecule has 0 aliphatic carbocycles. The Labute approximate surface area is 74.3 Å². The molecule has 0 aromatic carbocycles. The molecular weight excluding hydrogens is 152 g/mol. The summed E-state index contributed by atoms with van der Waals surface area (Å²) in [6, 6.07) is 0. The van der Waals surface area contributed by atoms with Crippen molar-refractivity contribution in [2.45, 2.75) is 46.6 Å². The first-order valence-corrected chi connectivity index (χ1v) is 4.62. The van der Waals surface area contributed by atoms with Crippen LogP contribution in [0.4, 0.5) is 0 Å². The summed E-state index contributed by atoms with van der Waals surface area (Å²) < 4.78 is 5.32. The van der Waals surface area contributed by atoms with Crippen LogP contribution in [0, 0.1) is 11.3 Å². The second-order valence-corrected chi connectivity index (χ2v) is 4.77. The molecule has 1 aliphatic rings. The zero-order valence-corrected chi connectivity index (χ0v) is 8.39. The van der Waals surface area contributed by atoms with E-state index in [0.717, 1.165) is 12.8 Å². The number of carbonyl (C=O) groups excluding carboxylic acids is 1. The molecule has 0 aromatic rings. The van der Waals surface area contributed by atoms with Gasteiger partial charge < -0.3 is 4.74 Å². The fourth-order valence-electron chi connectivity index (χ4n) is 1.44. The third-order valence-electron chi connectivity index (χ3n) is 2.49. The number of hydrogen-bond donors (Lipinski definition) is 0. The molecule has 0 bridgehead atoms. The van der Waals surface area contributed by atoms with Crippen LogP contribution < -0.4 is 0 Å². The van der Waals surface area contributed by atoms with Crippen molar-refractivity contribution in [3.63, 3.8) is 0 Å². The number of esters is 1. The van der Waals surface area contributed by atoms with Crippen molar-refractivity contribution >= 4 is 5.97 Å². The molecule has 2 heteroatoms. The van der Waals surface area contributed by atoms with Gasteiger partial charge in [-0.05, 0) is 18.3 Å². The monoisotopic (exact) mass is 170 g/mol. The van der Waals surface area contributed by atoms with Crippen LogP contribution in [0.2, 0.25) is 0 Å². The van der Waals surface area contributed by atoms with Gasteiger partial charge in [0.25, 0.3) is 0 Å². The van der Waals surface area contributed by atoms with E-state index < -0.39 is 0 Å². The SMILES string of the molecule is CC1CCC(C(C)(C)C)OC1=O. The zero-order valence-electron chi connectivity index (χ0n) is 8.39. The van der Waals surface area contributed by atoms with E-state index >= 15 is 0 Å². The lowest BCUT2D eigenvalue weighted by atomic mass is 9.83. The summed E-state index contributed by atoms with van der Waals surface area (Å²) in [7, 11) is 0. The molecule has 0 saturated carbocycles. The van der Waals surface area contributed by atoms with Gasteiger partial charge >= 0.3 is 5.97 Å². The van der Waals surface area contributed by atoms with Gasteiger partial charge in [-0.3, -0.25) is 4.79 Å². The summed E-state index contributed by atoms with van der Waals surface area (Å²) in [6.45, 7) is 8.27. The summed E-state index contributed by atoms with van der Waals surface area (Å²) >= 11 is 0. The van der Waals surface area contributed by atoms with Gasteiger partial charge in [-0.25, -0.2) is 0 Å². The molecule has 1 aliphatic heterocycles. The minimum Gasteiger partial charge on any atom is -0.462 e. The average molecular weight is 170 g/mol. The molecule has 0 aromatic heterocycles. The first-order chi connectivity index (χ1) is 5.41. The lowest BCUT2D eigenvalue weighted by Gasteiger charge is -2.35. The van der Waals surface area contributed by atoms with Gasteiger partial charge in [-0.1, -0.05) is 27.7 Å².